The van der Waals surface area contributed by atoms with Crippen molar-refractivity contribution in [2.24, 2.45) is 0 Å². The summed E-state index contributed by atoms with van der Waals surface area (Å²) in [5, 5.41) is 14.4. The van der Waals surface area contributed by atoms with Gasteiger partial charge in [-0.2, -0.15) is 5.10 Å². The molecule has 22 heavy (non-hydrogen) atoms. The van der Waals surface area contributed by atoms with Crippen LogP contribution in [0.15, 0.2) is 41.0 Å². The summed E-state index contributed by atoms with van der Waals surface area (Å²) in [5.74, 6) is 0.238. The molecule has 0 saturated heterocycles. The van der Waals surface area contributed by atoms with E-state index in [1.165, 1.54) is 0 Å². The Bertz CT molecular complexity index is 791. The summed E-state index contributed by atoms with van der Waals surface area (Å²) in [4.78, 5) is 12.2. The third kappa shape index (κ3) is 2.88. The van der Waals surface area contributed by atoms with Gasteiger partial charge in [0, 0.05) is 6.07 Å². The molecule has 0 aliphatic carbocycles. The molecule has 3 rings (SSSR count). The van der Waals surface area contributed by atoms with Crippen LogP contribution in [-0.4, -0.2) is 26.0 Å². The zero-order valence-electron chi connectivity index (χ0n) is 12.3. The van der Waals surface area contributed by atoms with Gasteiger partial charge in [-0.25, -0.2) is 9.31 Å². The van der Waals surface area contributed by atoms with Crippen molar-refractivity contribution in [1.82, 2.24) is 20.1 Å². The van der Waals surface area contributed by atoms with Crippen molar-refractivity contribution in [3.63, 3.8) is 0 Å². The largest absolute Gasteiger partial charge is 0.305 e. The molecule has 1 N–H and O–H groups in total. The van der Waals surface area contributed by atoms with E-state index < -0.39 is 0 Å². The maximum absolute atomic E-state index is 12.2. The number of rotatable bonds is 4. The van der Waals surface area contributed by atoms with E-state index in [9.17, 15) is 4.79 Å². The molecule has 0 fully saturated rings. The van der Waals surface area contributed by atoms with Crippen LogP contribution in [0.3, 0.4) is 0 Å². The number of nitrogens with one attached hydrogen (secondary N) is 1. The first-order valence-corrected chi connectivity index (χ1v) is 6.82. The lowest BCUT2D eigenvalue weighted by atomic mass is 10.2. The second kappa shape index (κ2) is 5.80. The molecule has 7 heteroatoms. The Morgan fingerprint density at radius 3 is 2.68 bits per heavy atom. The summed E-state index contributed by atoms with van der Waals surface area (Å²) >= 11 is 0. The average Bonchev–Trinajstić information content (AvgIpc) is 3.06. The highest BCUT2D eigenvalue weighted by Gasteiger charge is 2.17. The van der Waals surface area contributed by atoms with Crippen molar-refractivity contribution < 1.29 is 9.42 Å². The van der Waals surface area contributed by atoms with E-state index in [1.54, 1.807) is 11.6 Å². The van der Waals surface area contributed by atoms with Crippen LogP contribution in [0.4, 0.5) is 5.82 Å². The van der Waals surface area contributed by atoms with Crippen molar-refractivity contribution in [2.75, 3.05) is 5.32 Å². The molecule has 0 radical (unpaired) electrons. The van der Waals surface area contributed by atoms with Gasteiger partial charge in [-0.3, -0.25) is 4.79 Å². The number of hydrogen-bond acceptors (Lipinski definition) is 5. The highest BCUT2D eigenvalue weighted by molar-refractivity contribution is 6.02. The van der Waals surface area contributed by atoms with Gasteiger partial charge in [0.2, 0.25) is 0 Å². The maximum atomic E-state index is 12.2. The van der Waals surface area contributed by atoms with Crippen LogP contribution >= 0.6 is 0 Å². The smallest absolute Gasteiger partial charge is 0.281 e. The van der Waals surface area contributed by atoms with Crippen molar-refractivity contribution in [1.29, 1.82) is 0 Å². The predicted octanol–water partition coefficient (Wildman–Crippen LogP) is 2.18. The van der Waals surface area contributed by atoms with Crippen LogP contribution in [0.25, 0.3) is 0 Å². The SMILES string of the molecule is Cc1cc(NC(=O)c2nonc2C)n(Cc2ccccc2)n1. The second-order valence-corrected chi connectivity index (χ2v) is 4.97. The Hall–Kier alpha value is -2.96. The van der Waals surface area contributed by atoms with Gasteiger partial charge in [0.25, 0.3) is 5.91 Å². The van der Waals surface area contributed by atoms with Crippen molar-refractivity contribution in [2.45, 2.75) is 20.4 Å². The third-order valence-electron chi connectivity index (χ3n) is 3.19. The fourth-order valence-corrected chi connectivity index (χ4v) is 2.14. The number of aromatic nitrogens is 4. The number of anilines is 1. The van der Waals surface area contributed by atoms with E-state index in [1.807, 2.05) is 43.3 Å². The third-order valence-corrected chi connectivity index (χ3v) is 3.19. The summed E-state index contributed by atoms with van der Waals surface area (Å²) in [6.45, 7) is 4.11. The highest BCUT2D eigenvalue weighted by Crippen LogP contribution is 2.14. The predicted molar refractivity (Wildman–Crippen MR) is 79.5 cm³/mol. The van der Waals surface area contributed by atoms with Gasteiger partial charge >= 0.3 is 0 Å². The molecule has 0 saturated carbocycles. The number of amides is 1. The first-order chi connectivity index (χ1) is 10.6. The van der Waals surface area contributed by atoms with Gasteiger partial charge in [-0.1, -0.05) is 35.5 Å². The van der Waals surface area contributed by atoms with Gasteiger partial charge < -0.3 is 5.32 Å². The second-order valence-electron chi connectivity index (χ2n) is 4.97. The fraction of sp³-hybridized carbons (Fsp3) is 0.200. The standard InChI is InChI=1S/C15H15N5O2/c1-10-8-13(16-15(21)14-11(2)18-22-19-14)20(17-10)9-12-6-4-3-5-7-12/h3-8H,9H2,1-2H3,(H,16,21). The van der Waals surface area contributed by atoms with Crippen molar-refractivity contribution >= 4 is 11.7 Å². The van der Waals surface area contributed by atoms with Crippen LogP contribution in [0.1, 0.15) is 27.4 Å². The lowest BCUT2D eigenvalue weighted by Crippen LogP contribution is -2.17. The Kier molecular flexibility index (Phi) is 3.69. The van der Waals surface area contributed by atoms with E-state index in [4.69, 9.17) is 0 Å². The van der Waals surface area contributed by atoms with E-state index >= 15 is 0 Å². The van der Waals surface area contributed by atoms with Gasteiger partial charge in [-0.15, -0.1) is 0 Å². The summed E-state index contributed by atoms with van der Waals surface area (Å²) in [7, 11) is 0. The molecule has 0 spiro atoms. The summed E-state index contributed by atoms with van der Waals surface area (Å²) in [5.41, 5.74) is 2.54. The average molecular weight is 297 g/mol. The maximum Gasteiger partial charge on any atom is 0.281 e. The van der Waals surface area contributed by atoms with Crippen molar-refractivity contribution in [3.05, 3.63) is 59.0 Å². The minimum Gasteiger partial charge on any atom is -0.305 e. The molecule has 0 bridgehead atoms. The molecular formula is C15H15N5O2. The number of aryl methyl sites for hydroxylation is 2. The topological polar surface area (TPSA) is 85.8 Å². The van der Waals surface area contributed by atoms with E-state index in [0.29, 0.717) is 18.1 Å². The number of nitrogens with zero attached hydrogens (tertiary/aromatic N) is 4. The zero-order valence-corrected chi connectivity index (χ0v) is 12.3. The molecule has 0 atom stereocenters. The Labute approximate surface area is 126 Å². The van der Waals surface area contributed by atoms with E-state index in [0.717, 1.165) is 11.3 Å². The van der Waals surface area contributed by atoms with Gasteiger partial charge in [0.05, 0.1) is 12.2 Å². The van der Waals surface area contributed by atoms with Gasteiger partial charge in [0.15, 0.2) is 5.69 Å². The zero-order chi connectivity index (χ0) is 15.5. The molecule has 2 heterocycles. The van der Waals surface area contributed by atoms with Crippen LogP contribution in [0.5, 0.6) is 0 Å². The van der Waals surface area contributed by atoms with Crippen molar-refractivity contribution in [3.8, 4) is 0 Å². The lowest BCUT2D eigenvalue weighted by Gasteiger charge is -2.08. The first kappa shape index (κ1) is 14.0. The molecule has 3 aromatic rings. The quantitative estimate of drug-likeness (QED) is 0.797. The van der Waals surface area contributed by atoms with E-state index in [2.05, 4.69) is 25.4 Å². The minimum absolute atomic E-state index is 0.171. The molecule has 0 unspecified atom stereocenters. The summed E-state index contributed by atoms with van der Waals surface area (Å²) in [6.07, 6.45) is 0. The highest BCUT2D eigenvalue weighted by atomic mass is 16.6. The molecule has 0 aliphatic heterocycles. The molecular weight excluding hydrogens is 282 g/mol. The summed E-state index contributed by atoms with van der Waals surface area (Å²) in [6, 6.07) is 11.7. The molecule has 1 amide bonds. The fourth-order valence-electron chi connectivity index (χ4n) is 2.14. The Morgan fingerprint density at radius 1 is 1.23 bits per heavy atom. The number of carbonyl (C=O) groups is 1. The summed E-state index contributed by atoms with van der Waals surface area (Å²) < 4.78 is 6.29. The molecule has 7 nitrogen and oxygen atoms in total. The number of carbonyl (C=O) groups excluding carboxylic acids is 1. The first-order valence-electron chi connectivity index (χ1n) is 6.82. The normalized spacial score (nSPS) is 10.6. The monoisotopic (exact) mass is 297 g/mol. The molecule has 2 aromatic heterocycles. The minimum atomic E-state index is -0.368. The number of hydrogen-bond donors (Lipinski definition) is 1. The Morgan fingerprint density at radius 2 is 2.00 bits per heavy atom. The number of benzene rings is 1. The van der Waals surface area contributed by atoms with Crippen LogP contribution in [0.2, 0.25) is 0 Å². The molecule has 0 aliphatic rings. The van der Waals surface area contributed by atoms with Crippen LogP contribution in [0, 0.1) is 13.8 Å². The van der Waals surface area contributed by atoms with Gasteiger partial charge in [0.1, 0.15) is 11.5 Å². The Balaban J connectivity index is 1.82. The molecule has 1 aromatic carbocycles. The van der Waals surface area contributed by atoms with E-state index in [-0.39, 0.29) is 11.6 Å². The lowest BCUT2D eigenvalue weighted by molar-refractivity contribution is 0.101. The van der Waals surface area contributed by atoms with Crippen LogP contribution < -0.4 is 5.32 Å². The molecule has 112 valence electrons. The van der Waals surface area contributed by atoms with Crippen LogP contribution in [-0.2, 0) is 6.54 Å². The van der Waals surface area contributed by atoms with Gasteiger partial charge in [-0.05, 0) is 24.6 Å².